The van der Waals surface area contributed by atoms with Gasteiger partial charge < -0.3 is 20.0 Å². The molecular formula is C35H34F3N5O2. The quantitative estimate of drug-likeness (QED) is 0.277. The van der Waals surface area contributed by atoms with E-state index in [0.717, 1.165) is 55.3 Å². The molecule has 0 bridgehead atoms. The van der Waals surface area contributed by atoms with Crippen molar-refractivity contribution < 1.29 is 22.8 Å². The van der Waals surface area contributed by atoms with Crippen LogP contribution in [0.5, 0.6) is 0 Å². The molecule has 2 aliphatic heterocycles. The Labute approximate surface area is 260 Å². The molecule has 45 heavy (non-hydrogen) atoms. The van der Waals surface area contributed by atoms with Crippen LogP contribution in [-0.2, 0) is 17.5 Å². The SMILES string of the molecule is Cc1ccc(CN2C(=O)c3ccccc3[C@H](C(=O)Nc3cccc(N4CCN(C)CC4)c3)[C@H]2c2ccc(C(F)(F)F)nc2)cc1. The van der Waals surface area contributed by atoms with Crippen LogP contribution < -0.4 is 10.2 Å². The fourth-order valence-corrected chi connectivity index (χ4v) is 6.12. The van der Waals surface area contributed by atoms with Gasteiger partial charge in [0.15, 0.2) is 0 Å². The number of nitrogens with one attached hydrogen (secondary N) is 1. The van der Waals surface area contributed by atoms with Gasteiger partial charge in [-0.2, -0.15) is 13.2 Å². The first-order valence-corrected chi connectivity index (χ1v) is 14.9. The van der Waals surface area contributed by atoms with Gasteiger partial charge in [0.05, 0.1) is 12.0 Å². The number of nitrogens with zero attached hydrogens (tertiary/aromatic N) is 4. The number of fused-ring (bicyclic) bond motifs is 1. The van der Waals surface area contributed by atoms with E-state index in [4.69, 9.17) is 0 Å². The van der Waals surface area contributed by atoms with Crippen molar-refractivity contribution in [3.05, 3.63) is 125 Å². The van der Waals surface area contributed by atoms with Crippen LogP contribution >= 0.6 is 0 Å². The topological polar surface area (TPSA) is 68.8 Å². The highest BCUT2D eigenvalue weighted by Gasteiger charge is 2.45. The number of likely N-dealkylation sites (N-methyl/N-ethyl adjacent to an activating group) is 1. The highest BCUT2D eigenvalue weighted by Crippen LogP contribution is 2.44. The smallest absolute Gasteiger partial charge is 0.369 e. The molecular weight excluding hydrogens is 579 g/mol. The summed E-state index contributed by atoms with van der Waals surface area (Å²) in [6.07, 6.45) is -3.49. The maximum absolute atomic E-state index is 14.4. The average molecular weight is 614 g/mol. The first kappa shape index (κ1) is 30.3. The molecule has 4 aromatic rings. The van der Waals surface area contributed by atoms with Crippen LogP contribution in [0.15, 0.2) is 91.1 Å². The number of alkyl halides is 3. The summed E-state index contributed by atoms with van der Waals surface area (Å²) in [5.74, 6) is -1.60. The van der Waals surface area contributed by atoms with Gasteiger partial charge in [0, 0.05) is 55.9 Å². The number of anilines is 2. The number of carbonyl (C=O) groups is 2. The van der Waals surface area contributed by atoms with Gasteiger partial charge in [0.2, 0.25) is 5.91 Å². The molecule has 7 nitrogen and oxygen atoms in total. The van der Waals surface area contributed by atoms with Gasteiger partial charge in [-0.25, -0.2) is 0 Å². The van der Waals surface area contributed by atoms with Crippen molar-refractivity contribution in [2.75, 3.05) is 43.4 Å². The predicted octanol–water partition coefficient (Wildman–Crippen LogP) is 6.28. The van der Waals surface area contributed by atoms with Crippen molar-refractivity contribution in [1.29, 1.82) is 0 Å². The number of benzene rings is 3. The van der Waals surface area contributed by atoms with Gasteiger partial charge in [0.25, 0.3) is 5.91 Å². The zero-order valence-electron chi connectivity index (χ0n) is 25.1. The van der Waals surface area contributed by atoms with E-state index in [9.17, 15) is 22.8 Å². The molecule has 232 valence electrons. The van der Waals surface area contributed by atoms with Gasteiger partial charge in [-0.1, -0.05) is 60.2 Å². The molecule has 0 radical (unpaired) electrons. The molecule has 1 fully saturated rings. The molecule has 10 heteroatoms. The van der Waals surface area contributed by atoms with E-state index in [1.165, 1.54) is 6.07 Å². The molecule has 2 aliphatic rings. The first-order valence-electron chi connectivity index (χ1n) is 14.9. The Hall–Kier alpha value is -4.70. The van der Waals surface area contributed by atoms with E-state index in [1.807, 2.05) is 55.5 Å². The summed E-state index contributed by atoms with van der Waals surface area (Å²) >= 11 is 0. The van der Waals surface area contributed by atoms with E-state index in [0.29, 0.717) is 22.4 Å². The van der Waals surface area contributed by atoms with Crippen molar-refractivity contribution in [3.63, 3.8) is 0 Å². The molecule has 3 heterocycles. The van der Waals surface area contributed by atoms with Crippen LogP contribution in [0, 0.1) is 6.92 Å². The monoisotopic (exact) mass is 613 g/mol. The molecule has 2 atom stereocenters. The Kier molecular flexibility index (Phi) is 8.33. The Morgan fingerprint density at radius 1 is 0.933 bits per heavy atom. The second kappa shape index (κ2) is 12.4. The van der Waals surface area contributed by atoms with Crippen LogP contribution in [0.1, 0.15) is 50.3 Å². The molecule has 0 saturated carbocycles. The highest BCUT2D eigenvalue weighted by atomic mass is 19.4. The highest BCUT2D eigenvalue weighted by molar-refractivity contribution is 6.04. The maximum Gasteiger partial charge on any atom is 0.433 e. The number of hydrogen-bond donors (Lipinski definition) is 1. The fourth-order valence-electron chi connectivity index (χ4n) is 6.12. The van der Waals surface area contributed by atoms with Crippen LogP contribution in [0.25, 0.3) is 0 Å². The van der Waals surface area contributed by atoms with Gasteiger partial charge >= 0.3 is 6.18 Å². The Bertz CT molecular complexity index is 1680. The largest absolute Gasteiger partial charge is 0.433 e. The third kappa shape index (κ3) is 6.42. The lowest BCUT2D eigenvalue weighted by molar-refractivity contribution is -0.141. The normalized spacial score (nSPS) is 18.9. The van der Waals surface area contributed by atoms with E-state index in [-0.39, 0.29) is 18.4 Å². The maximum atomic E-state index is 14.4. The number of carbonyl (C=O) groups excluding carboxylic acids is 2. The fraction of sp³-hybridized carbons (Fsp3) is 0.286. The van der Waals surface area contributed by atoms with E-state index in [1.54, 1.807) is 29.2 Å². The van der Waals surface area contributed by atoms with Crippen molar-refractivity contribution in [3.8, 4) is 0 Å². The number of amides is 2. The molecule has 2 amide bonds. The Balaban J connectivity index is 1.40. The third-order valence-electron chi connectivity index (χ3n) is 8.60. The summed E-state index contributed by atoms with van der Waals surface area (Å²) in [4.78, 5) is 38.2. The number of halogens is 3. The summed E-state index contributed by atoms with van der Waals surface area (Å²) in [5, 5.41) is 3.07. The van der Waals surface area contributed by atoms with Crippen molar-refractivity contribution in [2.24, 2.45) is 0 Å². The number of aromatic nitrogens is 1. The average Bonchev–Trinajstić information content (AvgIpc) is 3.03. The predicted molar refractivity (Wildman–Crippen MR) is 167 cm³/mol. The summed E-state index contributed by atoms with van der Waals surface area (Å²) in [6, 6.07) is 23.6. The third-order valence-corrected chi connectivity index (χ3v) is 8.60. The number of aryl methyl sites for hydroxylation is 1. The minimum absolute atomic E-state index is 0.155. The number of piperazine rings is 1. The van der Waals surface area contributed by atoms with E-state index in [2.05, 4.69) is 27.1 Å². The van der Waals surface area contributed by atoms with Gasteiger partial charge in [-0.05, 0) is 61.0 Å². The van der Waals surface area contributed by atoms with Crippen molar-refractivity contribution in [2.45, 2.75) is 31.6 Å². The number of pyridine rings is 1. The Morgan fingerprint density at radius 3 is 2.36 bits per heavy atom. The lowest BCUT2D eigenvalue weighted by atomic mass is 9.79. The lowest BCUT2D eigenvalue weighted by Crippen LogP contribution is -2.45. The zero-order valence-corrected chi connectivity index (χ0v) is 25.1. The minimum Gasteiger partial charge on any atom is -0.369 e. The van der Waals surface area contributed by atoms with Crippen molar-refractivity contribution in [1.82, 2.24) is 14.8 Å². The van der Waals surface area contributed by atoms with Crippen LogP contribution in [-0.4, -0.2) is 59.8 Å². The standard InChI is InChI=1S/C35H34F3N5O2/c1-23-10-12-24(13-11-23)22-43-32(25-14-15-30(39-21-25)35(36,37)38)31(28-8-3-4-9-29(28)34(43)45)33(44)40-26-6-5-7-27(20-26)42-18-16-41(2)17-19-42/h3-15,20-21,31-32H,16-19,22H2,1-2H3,(H,40,44)/t31-,32+/m0/s1. The molecule has 0 aliphatic carbocycles. The minimum atomic E-state index is -4.62. The van der Waals surface area contributed by atoms with Gasteiger partial charge in [-0.3, -0.25) is 14.6 Å². The van der Waals surface area contributed by atoms with Crippen molar-refractivity contribution >= 4 is 23.2 Å². The van der Waals surface area contributed by atoms with E-state index >= 15 is 0 Å². The molecule has 1 N–H and O–H groups in total. The van der Waals surface area contributed by atoms with Crippen LogP contribution in [0.4, 0.5) is 24.5 Å². The summed E-state index contributed by atoms with van der Waals surface area (Å²) in [7, 11) is 2.09. The molecule has 0 unspecified atom stereocenters. The molecule has 6 rings (SSSR count). The van der Waals surface area contributed by atoms with Crippen LogP contribution in [0.3, 0.4) is 0 Å². The second-order valence-electron chi connectivity index (χ2n) is 11.7. The van der Waals surface area contributed by atoms with Crippen LogP contribution in [0.2, 0.25) is 0 Å². The molecule has 3 aromatic carbocycles. The van der Waals surface area contributed by atoms with Gasteiger partial charge in [0.1, 0.15) is 5.69 Å². The van der Waals surface area contributed by atoms with E-state index < -0.39 is 23.8 Å². The zero-order chi connectivity index (χ0) is 31.7. The number of hydrogen-bond acceptors (Lipinski definition) is 5. The molecule has 0 spiro atoms. The number of rotatable bonds is 6. The molecule has 1 aromatic heterocycles. The molecule has 1 saturated heterocycles. The first-order chi connectivity index (χ1) is 21.6. The summed E-state index contributed by atoms with van der Waals surface area (Å²) in [6.45, 7) is 5.71. The van der Waals surface area contributed by atoms with Gasteiger partial charge in [-0.15, -0.1) is 0 Å². The Morgan fingerprint density at radius 2 is 1.67 bits per heavy atom. The lowest BCUT2D eigenvalue weighted by Gasteiger charge is -2.42. The second-order valence-corrected chi connectivity index (χ2v) is 11.7. The summed E-state index contributed by atoms with van der Waals surface area (Å²) < 4.78 is 40.4. The summed E-state index contributed by atoms with van der Waals surface area (Å²) in [5.41, 5.74) is 3.66.